The van der Waals surface area contributed by atoms with Crippen LogP contribution in [0.1, 0.15) is 45.1 Å². The summed E-state index contributed by atoms with van der Waals surface area (Å²) in [6.07, 6.45) is 0.233. The van der Waals surface area contributed by atoms with Gasteiger partial charge in [-0.1, -0.05) is 56.3 Å². The van der Waals surface area contributed by atoms with Crippen molar-refractivity contribution in [2.45, 2.75) is 46.2 Å². The Morgan fingerprint density at radius 1 is 1.00 bits per heavy atom. The zero-order chi connectivity index (χ0) is 22.4. The number of para-hydroxylation sites is 1. The molecule has 0 radical (unpaired) electrons. The highest BCUT2D eigenvalue weighted by Gasteiger charge is 2.26. The SMILES string of the molecule is CCOc1cccc2cc(C(C)NC(=O)[C@@H](NC(=O)Cc3ccccc3)C(C)C)oc12. The van der Waals surface area contributed by atoms with E-state index in [4.69, 9.17) is 9.15 Å². The van der Waals surface area contributed by atoms with E-state index in [1.807, 2.05) is 82.3 Å². The Kier molecular flexibility index (Phi) is 7.34. The van der Waals surface area contributed by atoms with Gasteiger partial charge >= 0.3 is 0 Å². The number of nitrogens with one attached hydrogen (secondary N) is 2. The van der Waals surface area contributed by atoms with Crippen molar-refractivity contribution in [3.63, 3.8) is 0 Å². The Hall–Kier alpha value is -3.28. The summed E-state index contributed by atoms with van der Waals surface area (Å²) in [5, 5.41) is 6.76. The molecule has 3 rings (SSSR count). The van der Waals surface area contributed by atoms with Gasteiger partial charge in [0, 0.05) is 5.39 Å². The summed E-state index contributed by atoms with van der Waals surface area (Å²) in [5.74, 6) is 0.825. The van der Waals surface area contributed by atoms with E-state index >= 15 is 0 Å². The lowest BCUT2D eigenvalue weighted by Crippen LogP contribution is -2.50. The molecule has 164 valence electrons. The van der Waals surface area contributed by atoms with E-state index in [1.54, 1.807) is 0 Å². The van der Waals surface area contributed by atoms with Gasteiger partial charge in [-0.2, -0.15) is 0 Å². The van der Waals surface area contributed by atoms with Crippen LogP contribution in [0, 0.1) is 5.92 Å². The normalized spacial score (nSPS) is 13.1. The molecule has 31 heavy (non-hydrogen) atoms. The number of furan rings is 1. The van der Waals surface area contributed by atoms with Gasteiger partial charge in [-0.15, -0.1) is 0 Å². The van der Waals surface area contributed by atoms with E-state index in [9.17, 15) is 9.59 Å². The van der Waals surface area contributed by atoms with E-state index in [1.165, 1.54) is 0 Å². The van der Waals surface area contributed by atoms with E-state index in [0.717, 1.165) is 10.9 Å². The predicted molar refractivity (Wildman–Crippen MR) is 121 cm³/mol. The van der Waals surface area contributed by atoms with Gasteiger partial charge in [0.1, 0.15) is 11.8 Å². The number of rotatable bonds is 9. The summed E-state index contributed by atoms with van der Waals surface area (Å²) in [6.45, 7) is 8.14. The van der Waals surface area contributed by atoms with Gasteiger partial charge in [0.05, 0.1) is 19.1 Å². The number of ether oxygens (including phenoxy) is 1. The molecule has 2 amide bonds. The molecule has 6 heteroatoms. The molecule has 0 spiro atoms. The minimum absolute atomic E-state index is 0.0628. The Bertz CT molecular complexity index is 1030. The van der Waals surface area contributed by atoms with Crippen molar-refractivity contribution in [2.24, 2.45) is 5.92 Å². The van der Waals surface area contributed by atoms with Crippen molar-refractivity contribution >= 4 is 22.8 Å². The number of fused-ring (bicyclic) bond motifs is 1. The summed E-state index contributed by atoms with van der Waals surface area (Å²) in [4.78, 5) is 25.4. The van der Waals surface area contributed by atoms with E-state index < -0.39 is 6.04 Å². The van der Waals surface area contributed by atoms with Crippen molar-refractivity contribution in [3.05, 3.63) is 65.9 Å². The van der Waals surface area contributed by atoms with E-state index in [2.05, 4.69) is 10.6 Å². The molecule has 1 aromatic heterocycles. The second kappa shape index (κ2) is 10.2. The van der Waals surface area contributed by atoms with Crippen LogP contribution in [0.2, 0.25) is 0 Å². The lowest BCUT2D eigenvalue weighted by Gasteiger charge is -2.23. The van der Waals surface area contributed by atoms with Crippen LogP contribution in [0.4, 0.5) is 0 Å². The molecule has 3 aromatic rings. The average molecular weight is 423 g/mol. The maximum absolute atomic E-state index is 12.9. The molecular weight excluding hydrogens is 392 g/mol. The van der Waals surface area contributed by atoms with Gasteiger partial charge in [0.25, 0.3) is 0 Å². The first-order valence-electron chi connectivity index (χ1n) is 10.7. The Morgan fingerprint density at radius 3 is 2.42 bits per heavy atom. The fourth-order valence-corrected chi connectivity index (χ4v) is 3.45. The third-order valence-corrected chi connectivity index (χ3v) is 5.09. The molecule has 0 bridgehead atoms. The zero-order valence-electron chi connectivity index (χ0n) is 18.5. The molecule has 0 saturated heterocycles. The van der Waals surface area contributed by atoms with Crippen molar-refractivity contribution in [1.29, 1.82) is 0 Å². The number of amides is 2. The first-order valence-corrected chi connectivity index (χ1v) is 10.7. The second-order valence-electron chi connectivity index (χ2n) is 7.94. The average Bonchev–Trinajstić information content (AvgIpc) is 3.18. The Balaban J connectivity index is 1.68. The maximum atomic E-state index is 12.9. The van der Waals surface area contributed by atoms with Gasteiger partial charge in [-0.05, 0) is 37.5 Å². The Morgan fingerprint density at radius 2 is 1.74 bits per heavy atom. The van der Waals surface area contributed by atoms with Gasteiger partial charge < -0.3 is 19.8 Å². The monoisotopic (exact) mass is 422 g/mol. The molecular formula is C25H30N2O4. The van der Waals surface area contributed by atoms with Crippen LogP contribution in [-0.4, -0.2) is 24.5 Å². The summed E-state index contributed by atoms with van der Waals surface area (Å²) >= 11 is 0. The molecule has 1 unspecified atom stereocenters. The van der Waals surface area contributed by atoms with Gasteiger partial charge in [0.2, 0.25) is 11.8 Å². The lowest BCUT2D eigenvalue weighted by molar-refractivity contribution is -0.130. The highest BCUT2D eigenvalue weighted by molar-refractivity contribution is 5.89. The number of benzene rings is 2. The smallest absolute Gasteiger partial charge is 0.243 e. The van der Waals surface area contributed by atoms with Crippen molar-refractivity contribution in [3.8, 4) is 5.75 Å². The molecule has 1 heterocycles. The summed E-state index contributed by atoms with van der Waals surface area (Å²) in [5.41, 5.74) is 1.57. The number of carbonyl (C=O) groups is 2. The third kappa shape index (κ3) is 5.66. The molecule has 2 aromatic carbocycles. The zero-order valence-corrected chi connectivity index (χ0v) is 18.5. The van der Waals surface area contributed by atoms with E-state index in [0.29, 0.717) is 23.7 Å². The van der Waals surface area contributed by atoms with Gasteiger partial charge in [-0.3, -0.25) is 9.59 Å². The molecule has 0 saturated carbocycles. The minimum Gasteiger partial charge on any atom is -0.490 e. The summed E-state index contributed by atoms with van der Waals surface area (Å²) in [6, 6.07) is 16.1. The molecule has 0 aliphatic rings. The predicted octanol–water partition coefficient (Wildman–Crippen LogP) is 4.39. The van der Waals surface area contributed by atoms with Crippen LogP contribution in [-0.2, 0) is 16.0 Å². The standard InChI is InChI=1S/C25H30N2O4/c1-5-30-20-13-9-12-19-15-21(31-24(19)20)17(4)26-25(29)23(16(2)3)27-22(28)14-18-10-7-6-8-11-18/h6-13,15-17,23H,5,14H2,1-4H3,(H,26,29)(H,27,28)/t17?,23-/m0/s1. The van der Waals surface area contributed by atoms with Crippen LogP contribution in [0.3, 0.4) is 0 Å². The van der Waals surface area contributed by atoms with Gasteiger partial charge in [-0.25, -0.2) is 0 Å². The lowest BCUT2D eigenvalue weighted by atomic mass is 10.0. The third-order valence-electron chi connectivity index (χ3n) is 5.09. The van der Waals surface area contributed by atoms with Crippen LogP contribution in [0.5, 0.6) is 5.75 Å². The fraction of sp³-hybridized carbons (Fsp3) is 0.360. The Labute approximate surface area is 183 Å². The largest absolute Gasteiger partial charge is 0.490 e. The fourth-order valence-electron chi connectivity index (χ4n) is 3.45. The second-order valence-corrected chi connectivity index (χ2v) is 7.94. The highest BCUT2D eigenvalue weighted by Crippen LogP contribution is 2.31. The van der Waals surface area contributed by atoms with Crippen molar-refractivity contribution in [2.75, 3.05) is 6.61 Å². The van der Waals surface area contributed by atoms with Crippen LogP contribution < -0.4 is 15.4 Å². The quantitative estimate of drug-likeness (QED) is 0.536. The minimum atomic E-state index is -0.637. The number of hydrogen-bond donors (Lipinski definition) is 2. The van der Waals surface area contributed by atoms with Crippen LogP contribution >= 0.6 is 0 Å². The van der Waals surface area contributed by atoms with E-state index in [-0.39, 0.29) is 30.2 Å². The number of hydrogen-bond acceptors (Lipinski definition) is 4. The van der Waals surface area contributed by atoms with Crippen LogP contribution in [0.25, 0.3) is 11.0 Å². The van der Waals surface area contributed by atoms with Crippen molar-refractivity contribution < 1.29 is 18.7 Å². The van der Waals surface area contributed by atoms with Crippen molar-refractivity contribution in [1.82, 2.24) is 10.6 Å². The summed E-state index contributed by atoms with van der Waals surface area (Å²) < 4.78 is 11.6. The summed E-state index contributed by atoms with van der Waals surface area (Å²) in [7, 11) is 0. The van der Waals surface area contributed by atoms with Gasteiger partial charge in [0.15, 0.2) is 11.3 Å². The van der Waals surface area contributed by atoms with Crippen LogP contribution in [0.15, 0.2) is 59.0 Å². The first kappa shape index (κ1) is 22.4. The molecule has 0 fully saturated rings. The molecule has 0 aliphatic heterocycles. The molecule has 2 N–H and O–H groups in total. The topological polar surface area (TPSA) is 80.6 Å². The maximum Gasteiger partial charge on any atom is 0.243 e. The molecule has 0 aliphatic carbocycles. The number of carbonyl (C=O) groups excluding carboxylic acids is 2. The molecule has 2 atom stereocenters. The first-order chi connectivity index (χ1) is 14.9. The highest BCUT2D eigenvalue weighted by atomic mass is 16.5. The molecule has 6 nitrogen and oxygen atoms in total.